The monoisotopic (exact) mass is 515 g/mol. The molecule has 0 saturated heterocycles. The normalized spacial score (nSPS) is 15.2. The summed E-state index contributed by atoms with van der Waals surface area (Å²) >= 11 is 0. The molecule has 1 aliphatic carbocycles. The summed E-state index contributed by atoms with van der Waals surface area (Å²) in [7, 11) is -3.25. The van der Waals surface area contributed by atoms with Gasteiger partial charge in [0.2, 0.25) is 0 Å². The number of benzene rings is 1. The first-order valence-corrected chi connectivity index (χ1v) is 12.2. The fraction of sp³-hybridized carbons (Fsp3) is 0.667. The molecule has 0 atom stereocenters. The summed E-state index contributed by atoms with van der Waals surface area (Å²) in [5.74, 6) is 0. The Labute approximate surface area is 194 Å². The number of hydrogen-bond donors (Lipinski definition) is 0. The average molecular weight is 514 g/mol. The summed E-state index contributed by atoms with van der Waals surface area (Å²) in [4.78, 5) is 0.382. The van der Waals surface area contributed by atoms with E-state index < -0.39 is 14.6 Å². The second-order valence-electron chi connectivity index (χ2n) is 7.28. The fourth-order valence-corrected chi connectivity index (χ4v) is 5.31. The van der Waals surface area contributed by atoms with Crippen LogP contribution in [0.2, 0.25) is 0 Å². The molecule has 2 rings (SSSR count). The predicted octanol–water partition coefficient (Wildman–Crippen LogP) is 7.26. The third kappa shape index (κ3) is 10.1. The quantitative estimate of drug-likeness (QED) is 0.359. The summed E-state index contributed by atoms with van der Waals surface area (Å²) in [6.45, 7) is 13.6. The van der Waals surface area contributed by atoms with Crippen molar-refractivity contribution < 1.29 is 9.84 Å². The van der Waals surface area contributed by atoms with Crippen molar-refractivity contribution in [3.05, 3.63) is 44.2 Å². The van der Waals surface area contributed by atoms with Gasteiger partial charge in [-0.25, -0.2) is 8.42 Å². The Morgan fingerprint density at radius 2 is 1.54 bits per heavy atom. The van der Waals surface area contributed by atoms with E-state index in [1.165, 1.54) is 19.3 Å². The van der Waals surface area contributed by atoms with E-state index in [4.69, 9.17) is 0 Å². The van der Waals surface area contributed by atoms with Gasteiger partial charge in [-0.2, -0.15) is 0 Å². The van der Waals surface area contributed by atoms with Crippen LogP contribution >= 0.6 is 0 Å². The molecule has 1 saturated carbocycles. The van der Waals surface area contributed by atoms with Crippen molar-refractivity contribution in [2.24, 2.45) is 0 Å². The van der Waals surface area contributed by atoms with Crippen molar-refractivity contribution >= 4 is 33.7 Å². The summed E-state index contributed by atoms with van der Waals surface area (Å²) in [5.41, 5.74) is 0. The molecule has 28 heavy (non-hydrogen) atoms. The Morgan fingerprint density at radius 3 is 1.93 bits per heavy atom. The molecule has 1 aliphatic rings. The van der Waals surface area contributed by atoms with Crippen LogP contribution in [-0.4, -0.2) is 37.1 Å². The smallest absolute Gasteiger partial charge is 0.184 e. The predicted molar refractivity (Wildman–Crippen MR) is 126 cm³/mol. The van der Waals surface area contributed by atoms with Gasteiger partial charge in [0.05, 0.1) is 9.64 Å². The van der Waals surface area contributed by atoms with Crippen LogP contribution in [-0.2, 0) is 9.84 Å². The van der Waals surface area contributed by atoms with Gasteiger partial charge in [-0.3, -0.25) is 0 Å². The van der Waals surface area contributed by atoms with Gasteiger partial charge in [-0.05, 0) is 25.3 Å². The first-order valence-electron chi connectivity index (χ1n) is 10.8. The molecule has 0 unspecified atom stereocenters. The zero-order chi connectivity index (χ0) is 20.6. The van der Waals surface area contributed by atoms with Gasteiger partial charge in [0.25, 0.3) is 0 Å². The standard InChI is InChI=1S/C16H23O2S.2C4H9.Sn.H2/c1-2-3-12-16(13-8-5-9-14-16)19(17,18)15-10-6-4-7-11-15;2*1-3-4-2;;/h4,6-7,10H,2-3,5,8-9,12-14H2,1H3;2*1,3-4H2,2H3;;1H. The first kappa shape index (κ1) is 30.2. The van der Waals surface area contributed by atoms with Crippen LogP contribution in [0.3, 0.4) is 0 Å². The molecule has 0 N–H and O–H groups in total. The van der Waals surface area contributed by atoms with E-state index in [1.807, 2.05) is 6.07 Å². The maximum atomic E-state index is 13.0. The molecule has 1 fully saturated rings. The molecule has 161 valence electrons. The van der Waals surface area contributed by atoms with Crippen molar-refractivity contribution in [1.29, 1.82) is 0 Å². The van der Waals surface area contributed by atoms with Crippen molar-refractivity contribution in [3.8, 4) is 0 Å². The zero-order valence-electron chi connectivity index (χ0n) is 18.4. The number of rotatable bonds is 7. The van der Waals surface area contributed by atoms with E-state index in [2.05, 4.69) is 40.7 Å². The summed E-state index contributed by atoms with van der Waals surface area (Å²) < 4.78 is 25.4. The van der Waals surface area contributed by atoms with Crippen LogP contribution in [0.25, 0.3) is 0 Å². The van der Waals surface area contributed by atoms with Crippen LogP contribution in [0.15, 0.2) is 29.2 Å². The Kier molecular flexibility index (Phi) is 19.2. The molecular weight excluding hydrogens is 471 g/mol. The minimum absolute atomic E-state index is 0. The van der Waals surface area contributed by atoms with E-state index in [0.29, 0.717) is 4.90 Å². The zero-order valence-corrected chi connectivity index (χ0v) is 22.1. The largest absolute Gasteiger partial charge is 0.223 e. The molecule has 0 bridgehead atoms. The van der Waals surface area contributed by atoms with Crippen LogP contribution < -0.4 is 0 Å². The molecule has 0 aliphatic heterocycles. The Hall–Kier alpha value is -0.0313. The molecule has 0 heterocycles. The van der Waals surface area contributed by atoms with Gasteiger partial charge in [-0.15, -0.1) is 0 Å². The number of unbranched alkanes of at least 4 members (excludes halogenated alkanes) is 3. The summed E-state index contributed by atoms with van der Waals surface area (Å²) in [6.07, 6.45) is 12.3. The first-order chi connectivity index (χ1) is 13.0. The second kappa shape index (κ2) is 17.8. The summed E-state index contributed by atoms with van der Waals surface area (Å²) in [6, 6.07) is 9.92. The molecule has 1 aromatic carbocycles. The molecule has 2 nitrogen and oxygen atoms in total. The molecule has 7 radical (unpaired) electrons. The van der Waals surface area contributed by atoms with Gasteiger partial charge < -0.3 is 0 Å². The van der Waals surface area contributed by atoms with Crippen molar-refractivity contribution in [2.45, 2.75) is 107 Å². The molecule has 0 spiro atoms. The van der Waals surface area contributed by atoms with Crippen molar-refractivity contribution in [3.63, 3.8) is 0 Å². The number of hydrogen-bond acceptors (Lipinski definition) is 2. The van der Waals surface area contributed by atoms with Gasteiger partial charge in [0.15, 0.2) is 9.84 Å². The Bertz CT molecular complexity index is 548. The maximum absolute atomic E-state index is 13.0. The van der Waals surface area contributed by atoms with Gasteiger partial charge in [-0.1, -0.05) is 111 Å². The van der Waals surface area contributed by atoms with E-state index in [0.717, 1.165) is 57.8 Å². The molecule has 1 aromatic rings. The van der Waals surface area contributed by atoms with Gasteiger partial charge >= 0.3 is 0 Å². The maximum Gasteiger partial charge on any atom is 0.184 e. The molecule has 4 heteroatoms. The fourth-order valence-electron chi connectivity index (χ4n) is 3.13. The minimum Gasteiger partial charge on any atom is -0.223 e. The second-order valence-corrected chi connectivity index (χ2v) is 9.60. The minimum atomic E-state index is -3.25. The van der Waals surface area contributed by atoms with Crippen LogP contribution in [0.1, 0.15) is 99.2 Å². The molecule has 0 aromatic heterocycles. The topological polar surface area (TPSA) is 34.1 Å². The van der Waals surface area contributed by atoms with Crippen molar-refractivity contribution in [1.82, 2.24) is 0 Å². The Balaban J connectivity index is -0.000000582. The van der Waals surface area contributed by atoms with Gasteiger partial charge in [0.1, 0.15) is 0 Å². The van der Waals surface area contributed by atoms with Gasteiger partial charge in [0, 0.05) is 31.4 Å². The van der Waals surface area contributed by atoms with Crippen LogP contribution in [0.5, 0.6) is 0 Å². The van der Waals surface area contributed by atoms with E-state index >= 15 is 0 Å². The summed E-state index contributed by atoms with van der Waals surface area (Å²) in [5, 5.41) is 0. The molecule has 0 amide bonds. The SMILES string of the molecule is CCCCC1(S(=O)(=O)c2[c]cccc2)CCCCC1.[CH2]CCC.[CH2]CCC.[HH].[Sn]. The van der Waals surface area contributed by atoms with Crippen molar-refractivity contribution in [2.75, 3.05) is 0 Å². The Morgan fingerprint density at radius 1 is 1.00 bits per heavy atom. The molecular formula is C24H43O2SSn. The van der Waals surface area contributed by atoms with E-state index in [9.17, 15) is 8.42 Å². The van der Waals surface area contributed by atoms with E-state index in [-0.39, 0.29) is 25.3 Å². The average Bonchev–Trinajstić information content (AvgIpc) is 2.73. The van der Waals surface area contributed by atoms with Crippen LogP contribution in [0, 0.1) is 19.9 Å². The number of sulfone groups is 1. The third-order valence-corrected chi connectivity index (χ3v) is 7.58. The third-order valence-electron chi connectivity index (χ3n) is 5.00. The van der Waals surface area contributed by atoms with Crippen LogP contribution in [0.4, 0.5) is 0 Å². The van der Waals surface area contributed by atoms with E-state index in [1.54, 1.807) is 18.2 Å².